The van der Waals surface area contributed by atoms with Gasteiger partial charge in [0, 0.05) is 24.2 Å². The topological polar surface area (TPSA) is 76.1 Å². The molecule has 1 N–H and O–H groups in total. The standard InChI is InChI=1S/C34H38FNO5/c1-19-23-13-10-14-40-31(23)27(35)15-25(19)29-21(3)26-18-36(17-22-11-8-7-9-12-22)28(37)16-24(26)20(2)30(29)32(33(38)39)41-34(4,5)6/h7-9,11-12,15,32H,10,13-14,16-18H2,1-6H3,(H,38,39)/t32-/m0/s1. The Kier molecular flexibility index (Phi) is 7.68. The summed E-state index contributed by atoms with van der Waals surface area (Å²) in [5.41, 5.74) is 7.10. The summed E-state index contributed by atoms with van der Waals surface area (Å²) in [6.45, 7) is 12.5. The Bertz CT molecular complexity index is 1520. The molecule has 216 valence electrons. The van der Waals surface area contributed by atoms with E-state index in [2.05, 4.69) is 0 Å². The second-order valence-electron chi connectivity index (χ2n) is 12.1. The molecule has 2 aliphatic rings. The highest BCUT2D eigenvalue weighted by atomic mass is 19.1. The van der Waals surface area contributed by atoms with E-state index in [0.717, 1.165) is 39.8 Å². The number of rotatable bonds is 6. The van der Waals surface area contributed by atoms with Crippen molar-refractivity contribution < 1.29 is 28.6 Å². The van der Waals surface area contributed by atoms with Crippen LogP contribution in [0.25, 0.3) is 11.1 Å². The van der Waals surface area contributed by atoms with Crippen LogP contribution < -0.4 is 4.74 Å². The first kappa shape index (κ1) is 28.8. The number of ether oxygens (including phenoxy) is 2. The van der Waals surface area contributed by atoms with Crippen LogP contribution in [0, 0.1) is 26.6 Å². The first-order chi connectivity index (χ1) is 19.4. The Labute approximate surface area is 241 Å². The van der Waals surface area contributed by atoms with E-state index in [-0.39, 0.29) is 18.1 Å². The number of amides is 1. The lowest BCUT2D eigenvalue weighted by Crippen LogP contribution is -2.37. The van der Waals surface area contributed by atoms with E-state index in [1.54, 1.807) is 0 Å². The van der Waals surface area contributed by atoms with E-state index in [9.17, 15) is 14.7 Å². The number of benzene rings is 3. The van der Waals surface area contributed by atoms with Crippen molar-refractivity contribution in [3.8, 4) is 16.9 Å². The largest absolute Gasteiger partial charge is 0.490 e. The number of halogens is 1. The van der Waals surface area contributed by atoms with E-state index >= 15 is 4.39 Å². The van der Waals surface area contributed by atoms with Crippen LogP contribution in [0.1, 0.15) is 77.8 Å². The summed E-state index contributed by atoms with van der Waals surface area (Å²) in [5, 5.41) is 10.5. The molecule has 7 heteroatoms. The third-order valence-corrected chi connectivity index (χ3v) is 8.23. The Hall–Kier alpha value is -3.71. The average Bonchev–Trinajstić information content (AvgIpc) is 2.92. The predicted molar refractivity (Wildman–Crippen MR) is 155 cm³/mol. The highest BCUT2D eigenvalue weighted by molar-refractivity contribution is 5.88. The van der Waals surface area contributed by atoms with Crippen molar-refractivity contribution in [3.63, 3.8) is 0 Å². The van der Waals surface area contributed by atoms with Crippen LogP contribution in [0.3, 0.4) is 0 Å². The van der Waals surface area contributed by atoms with Gasteiger partial charge in [-0.1, -0.05) is 30.3 Å². The Balaban J connectivity index is 1.76. The van der Waals surface area contributed by atoms with Gasteiger partial charge in [0.2, 0.25) is 5.91 Å². The molecule has 1 atom stereocenters. The quantitative estimate of drug-likeness (QED) is 0.361. The molecule has 1 amide bonds. The summed E-state index contributed by atoms with van der Waals surface area (Å²) < 4.78 is 27.4. The van der Waals surface area contributed by atoms with E-state index in [1.165, 1.54) is 6.07 Å². The first-order valence-electron chi connectivity index (χ1n) is 14.2. The summed E-state index contributed by atoms with van der Waals surface area (Å²) in [7, 11) is 0. The van der Waals surface area contributed by atoms with Crippen LogP contribution in [-0.4, -0.2) is 34.1 Å². The van der Waals surface area contributed by atoms with Gasteiger partial charge in [-0.3, -0.25) is 4.79 Å². The van der Waals surface area contributed by atoms with Gasteiger partial charge in [-0.15, -0.1) is 0 Å². The number of fused-ring (bicyclic) bond motifs is 2. The van der Waals surface area contributed by atoms with Crippen LogP contribution >= 0.6 is 0 Å². The van der Waals surface area contributed by atoms with Crippen LogP contribution in [0.5, 0.6) is 5.75 Å². The molecule has 2 heterocycles. The minimum absolute atomic E-state index is 0.0145. The SMILES string of the molecule is Cc1c(-c2c(C)c3c(c(C)c2[C@H](OC(C)(C)C)C(=O)O)CC(=O)N(Cc2ccccc2)C3)cc(F)c2c1CCCO2. The minimum atomic E-state index is -1.30. The molecule has 0 fully saturated rings. The fraction of sp³-hybridized carbons (Fsp3) is 0.412. The number of nitrogens with zero attached hydrogens (tertiary/aromatic N) is 1. The second-order valence-corrected chi connectivity index (χ2v) is 12.1. The van der Waals surface area contributed by atoms with Crippen molar-refractivity contribution in [2.45, 2.75) is 85.6 Å². The zero-order valence-corrected chi connectivity index (χ0v) is 24.7. The lowest BCUT2D eigenvalue weighted by molar-refractivity contribution is -0.160. The lowest BCUT2D eigenvalue weighted by atomic mass is 9.78. The summed E-state index contributed by atoms with van der Waals surface area (Å²) in [6, 6.07) is 11.3. The van der Waals surface area contributed by atoms with E-state index in [4.69, 9.17) is 9.47 Å². The lowest BCUT2D eigenvalue weighted by Gasteiger charge is -2.36. The molecule has 0 bridgehead atoms. The zero-order valence-electron chi connectivity index (χ0n) is 24.7. The maximum Gasteiger partial charge on any atom is 0.337 e. The van der Waals surface area contributed by atoms with E-state index in [1.807, 2.05) is 76.8 Å². The summed E-state index contributed by atoms with van der Waals surface area (Å²) in [5.74, 6) is -1.31. The zero-order chi connectivity index (χ0) is 29.6. The molecule has 0 spiro atoms. The summed E-state index contributed by atoms with van der Waals surface area (Å²) >= 11 is 0. The number of hydrogen-bond donors (Lipinski definition) is 1. The van der Waals surface area contributed by atoms with Crippen LogP contribution in [0.15, 0.2) is 36.4 Å². The van der Waals surface area contributed by atoms with Crippen molar-refractivity contribution in [1.82, 2.24) is 4.90 Å². The summed E-state index contributed by atoms with van der Waals surface area (Å²) in [6.07, 6.45) is 0.328. The van der Waals surface area contributed by atoms with Gasteiger partial charge < -0.3 is 19.5 Å². The molecule has 3 aromatic carbocycles. The predicted octanol–water partition coefficient (Wildman–Crippen LogP) is 6.77. The van der Waals surface area contributed by atoms with Gasteiger partial charge in [-0.2, -0.15) is 0 Å². The molecular formula is C34H38FNO5. The van der Waals surface area contributed by atoms with Crippen molar-refractivity contribution in [2.75, 3.05) is 6.61 Å². The van der Waals surface area contributed by atoms with Gasteiger partial charge in [0.25, 0.3) is 0 Å². The molecular weight excluding hydrogens is 521 g/mol. The van der Waals surface area contributed by atoms with Gasteiger partial charge >= 0.3 is 5.97 Å². The smallest absolute Gasteiger partial charge is 0.337 e. The second kappa shape index (κ2) is 10.9. The number of hydrogen-bond acceptors (Lipinski definition) is 4. The Morgan fingerprint density at radius 2 is 1.78 bits per heavy atom. The molecule has 0 aromatic heterocycles. The van der Waals surface area contributed by atoms with Crippen molar-refractivity contribution in [2.24, 2.45) is 0 Å². The number of carboxylic acid groups (broad SMARTS) is 1. The maximum absolute atomic E-state index is 15.6. The fourth-order valence-corrected chi connectivity index (χ4v) is 6.28. The Morgan fingerprint density at radius 3 is 2.44 bits per heavy atom. The fourth-order valence-electron chi connectivity index (χ4n) is 6.28. The molecule has 0 radical (unpaired) electrons. The molecule has 0 saturated carbocycles. The first-order valence-corrected chi connectivity index (χ1v) is 14.2. The van der Waals surface area contributed by atoms with Gasteiger partial charge in [0.05, 0.1) is 18.6 Å². The third-order valence-electron chi connectivity index (χ3n) is 8.23. The number of carboxylic acids is 1. The monoisotopic (exact) mass is 559 g/mol. The molecule has 6 nitrogen and oxygen atoms in total. The van der Waals surface area contributed by atoms with Crippen molar-refractivity contribution >= 4 is 11.9 Å². The van der Waals surface area contributed by atoms with E-state index < -0.39 is 23.5 Å². The average molecular weight is 560 g/mol. The van der Waals surface area contributed by atoms with Crippen molar-refractivity contribution in [1.29, 1.82) is 0 Å². The van der Waals surface area contributed by atoms with E-state index in [0.29, 0.717) is 48.4 Å². The highest BCUT2D eigenvalue weighted by Crippen LogP contribution is 2.46. The molecule has 5 rings (SSSR count). The minimum Gasteiger partial charge on any atom is -0.490 e. The van der Waals surface area contributed by atoms with Gasteiger partial charge in [-0.05, 0) is 105 Å². The van der Waals surface area contributed by atoms with Crippen LogP contribution in [0.4, 0.5) is 4.39 Å². The van der Waals surface area contributed by atoms with Gasteiger partial charge in [-0.25, -0.2) is 9.18 Å². The maximum atomic E-state index is 15.6. The third kappa shape index (κ3) is 5.47. The van der Waals surface area contributed by atoms with Gasteiger partial charge in [0.15, 0.2) is 17.7 Å². The molecule has 0 saturated heterocycles. The molecule has 0 aliphatic carbocycles. The normalized spacial score (nSPS) is 15.7. The van der Waals surface area contributed by atoms with Crippen LogP contribution in [0.2, 0.25) is 0 Å². The van der Waals surface area contributed by atoms with Crippen LogP contribution in [-0.2, 0) is 40.3 Å². The van der Waals surface area contributed by atoms with Crippen molar-refractivity contribution in [3.05, 3.63) is 86.7 Å². The number of aliphatic carboxylic acids is 1. The molecule has 0 unspecified atom stereocenters. The molecule has 3 aromatic rings. The molecule has 41 heavy (non-hydrogen) atoms. The number of carbonyl (C=O) groups is 2. The summed E-state index contributed by atoms with van der Waals surface area (Å²) in [4.78, 5) is 28.0. The highest BCUT2D eigenvalue weighted by Gasteiger charge is 2.37. The number of carbonyl (C=O) groups excluding carboxylic acids is 1. The van der Waals surface area contributed by atoms with Gasteiger partial charge in [0.1, 0.15) is 0 Å². The molecule has 2 aliphatic heterocycles. The Morgan fingerprint density at radius 1 is 1.07 bits per heavy atom.